The number of amides is 1. The smallest absolute Gasteiger partial charge is 0.301 e. The molecule has 1 atom stereocenters. The molecule has 1 amide bonds. The molecule has 0 bridgehead atoms. The Bertz CT molecular complexity index is 1150. The molecule has 29 heavy (non-hydrogen) atoms. The number of Topliss-reactive ketones (excluding diaryl/α,β-unsaturated/α-hetero) is 1. The van der Waals surface area contributed by atoms with E-state index in [1.165, 1.54) is 16.2 Å². The van der Waals surface area contributed by atoms with Crippen LogP contribution in [0.2, 0.25) is 0 Å². The minimum absolute atomic E-state index is 0.0581. The molecule has 1 aromatic heterocycles. The van der Waals surface area contributed by atoms with Gasteiger partial charge in [0.1, 0.15) is 10.8 Å². The van der Waals surface area contributed by atoms with Crippen molar-refractivity contribution in [2.75, 3.05) is 4.90 Å². The maximum atomic E-state index is 13.0. The number of hydrogen-bond acceptors (Lipinski definition) is 6. The van der Waals surface area contributed by atoms with Crippen LogP contribution in [0.5, 0.6) is 0 Å². The number of anilines is 1. The van der Waals surface area contributed by atoms with Crippen LogP contribution >= 0.6 is 11.3 Å². The molecule has 1 aliphatic heterocycles. The van der Waals surface area contributed by atoms with E-state index in [4.69, 9.17) is 0 Å². The van der Waals surface area contributed by atoms with E-state index in [-0.39, 0.29) is 11.3 Å². The Hall–Kier alpha value is -3.32. The maximum Gasteiger partial charge on any atom is 0.301 e. The number of aryl methyl sites for hydroxylation is 3. The van der Waals surface area contributed by atoms with Crippen LogP contribution in [0, 0.1) is 20.8 Å². The first-order chi connectivity index (χ1) is 13.9. The molecule has 1 saturated heterocycles. The fourth-order valence-corrected chi connectivity index (χ4v) is 4.21. The van der Waals surface area contributed by atoms with Gasteiger partial charge in [0.2, 0.25) is 5.13 Å². The molecular weight excluding hydrogens is 386 g/mol. The van der Waals surface area contributed by atoms with Crippen LogP contribution in [0.3, 0.4) is 0 Å². The fraction of sp³-hybridized carbons (Fsp3) is 0.182. The maximum absolute atomic E-state index is 13.0. The monoisotopic (exact) mass is 405 g/mol. The number of carbonyl (C=O) groups is 2. The predicted molar refractivity (Wildman–Crippen MR) is 112 cm³/mol. The van der Waals surface area contributed by atoms with Crippen LogP contribution in [0.15, 0.2) is 54.1 Å². The number of aromatic nitrogens is 2. The van der Waals surface area contributed by atoms with E-state index in [0.29, 0.717) is 21.3 Å². The molecule has 0 radical (unpaired) electrons. The van der Waals surface area contributed by atoms with Crippen LogP contribution in [0.1, 0.15) is 33.3 Å². The van der Waals surface area contributed by atoms with Crippen molar-refractivity contribution in [2.45, 2.75) is 26.8 Å². The van der Waals surface area contributed by atoms with Gasteiger partial charge in [0, 0.05) is 5.56 Å². The van der Waals surface area contributed by atoms with Gasteiger partial charge in [-0.15, -0.1) is 10.2 Å². The SMILES string of the molecule is Cc1ccc(C)c(C(O)=C2C(=O)C(=O)N(c3nnc(C)s3)C2c2ccccc2)c1. The summed E-state index contributed by atoms with van der Waals surface area (Å²) in [7, 11) is 0. The number of rotatable bonds is 3. The van der Waals surface area contributed by atoms with Crippen molar-refractivity contribution in [1.82, 2.24) is 10.2 Å². The minimum atomic E-state index is -0.775. The Morgan fingerprint density at radius 3 is 2.41 bits per heavy atom. The summed E-state index contributed by atoms with van der Waals surface area (Å²) in [4.78, 5) is 27.3. The van der Waals surface area contributed by atoms with Crippen molar-refractivity contribution in [3.8, 4) is 0 Å². The molecule has 3 aromatic rings. The Balaban J connectivity index is 1.97. The minimum Gasteiger partial charge on any atom is -0.507 e. The van der Waals surface area contributed by atoms with E-state index >= 15 is 0 Å². The van der Waals surface area contributed by atoms with Gasteiger partial charge in [-0.05, 0) is 38.0 Å². The highest BCUT2D eigenvalue weighted by molar-refractivity contribution is 7.15. The summed E-state index contributed by atoms with van der Waals surface area (Å²) in [6, 6.07) is 14.0. The molecule has 4 rings (SSSR count). The topological polar surface area (TPSA) is 83.4 Å². The molecule has 7 heteroatoms. The molecule has 2 heterocycles. The van der Waals surface area contributed by atoms with Crippen LogP contribution in [-0.2, 0) is 9.59 Å². The number of aliphatic hydroxyl groups excluding tert-OH is 1. The van der Waals surface area contributed by atoms with Gasteiger partial charge in [-0.1, -0.05) is 59.4 Å². The van der Waals surface area contributed by atoms with Gasteiger partial charge in [0.15, 0.2) is 0 Å². The Morgan fingerprint density at radius 1 is 1.03 bits per heavy atom. The summed E-state index contributed by atoms with van der Waals surface area (Å²) >= 11 is 1.23. The van der Waals surface area contributed by atoms with Crippen molar-refractivity contribution in [2.24, 2.45) is 0 Å². The van der Waals surface area contributed by atoms with Gasteiger partial charge in [0.05, 0.1) is 11.6 Å². The normalized spacial score (nSPS) is 18.4. The van der Waals surface area contributed by atoms with E-state index in [1.54, 1.807) is 6.92 Å². The number of carbonyl (C=O) groups excluding carboxylic acids is 2. The first-order valence-corrected chi connectivity index (χ1v) is 9.94. The number of aliphatic hydroxyl groups is 1. The van der Waals surface area contributed by atoms with E-state index in [0.717, 1.165) is 11.1 Å². The first kappa shape index (κ1) is 19.0. The lowest BCUT2D eigenvalue weighted by molar-refractivity contribution is -0.132. The average molecular weight is 405 g/mol. The summed E-state index contributed by atoms with van der Waals surface area (Å²) in [5.41, 5.74) is 3.08. The van der Waals surface area contributed by atoms with Gasteiger partial charge in [-0.25, -0.2) is 0 Å². The molecule has 146 valence electrons. The summed E-state index contributed by atoms with van der Waals surface area (Å²) in [5, 5.41) is 20.2. The third-order valence-electron chi connectivity index (χ3n) is 4.93. The van der Waals surface area contributed by atoms with Crippen LogP contribution in [0.4, 0.5) is 5.13 Å². The zero-order valence-corrected chi connectivity index (χ0v) is 17.0. The summed E-state index contributed by atoms with van der Waals surface area (Å²) < 4.78 is 0. The summed E-state index contributed by atoms with van der Waals surface area (Å²) in [6.07, 6.45) is 0. The highest BCUT2D eigenvalue weighted by atomic mass is 32.1. The van der Waals surface area contributed by atoms with Gasteiger partial charge in [0.25, 0.3) is 5.78 Å². The van der Waals surface area contributed by atoms with Crippen molar-refractivity contribution in [3.63, 3.8) is 0 Å². The van der Waals surface area contributed by atoms with Crippen molar-refractivity contribution < 1.29 is 14.7 Å². The molecule has 6 nitrogen and oxygen atoms in total. The van der Waals surface area contributed by atoms with Gasteiger partial charge in [-0.2, -0.15) is 0 Å². The Morgan fingerprint density at radius 2 is 1.76 bits per heavy atom. The van der Waals surface area contributed by atoms with E-state index < -0.39 is 17.7 Å². The lowest BCUT2D eigenvalue weighted by Gasteiger charge is -2.22. The first-order valence-electron chi connectivity index (χ1n) is 9.12. The third-order valence-corrected chi connectivity index (χ3v) is 5.77. The quantitative estimate of drug-likeness (QED) is 0.403. The molecular formula is C22H19N3O3S. The molecule has 1 unspecified atom stereocenters. The second kappa shape index (κ2) is 7.25. The van der Waals surface area contributed by atoms with E-state index in [2.05, 4.69) is 10.2 Å². The van der Waals surface area contributed by atoms with Gasteiger partial charge in [-0.3, -0.25) is 14.5 Å². The predicted octanol–water partition coefficient (Wildman–Crippen LogP) is 4.09. The number of hydrogen-bond donors (Lipinski definition) is 1. The van der Waals surface area contributed by atoms with E-state index in [1.807, 2.05) is 62.4 Å². The number of benzene rings is 2. The Labute approximate surface area is 172 Å². The number of nitrogens with zero attached hydrogens (tertiary/aromatic N) is 3. The molecule has 1 aliphatic rings. The van der Waals surface area contributed by atoms with Crippen LogP contribution in [-0.4, -0.2) is 27.0 Å². The van der Waals surface area contributed by atoms with Gasteiger partial charge >= 0.3 is 5.91 Å². The molecule has 1 N–H and O–H groups in total. The van der Waals surface area contributed by atoms with Gasteiger partial charge < -0.3 is 5.11 Å². The zero-order valence-electron chi connectivity index (χ0n) is 16.2. The molecule has 2 aromatic carbocycles. The van der Waals surface area contributed by atoms with E-state index in [9.17, 15) is 14.7 Å². The van der Waals surface area contributed by atoms with Crippen molar-refractivity contribution in [1.29, 1.82) is 0 Å². The second-order valence-electron chi connectivity index (χ2n) is 7.00. The summed E-state index contributed by atoms with van der Waals surface area (Å²) in [6.45, 7) is 5.55. The van der Waals surface area contributed by atoms with Crippen LogP contribution in [0.25, 0.3) is 5.76 Å². The standard InChI is InChI=1S/C22H19N3O3S/c1-12-9-10-13(2)16(11-12)19(26)17-18(15-7-5-4-6-8-15)25(21(28)20(17)27)22-24-23-14(3)29-22/h4-11,18,26H,1-3H3. The average Bonchev–Trinajstić information content (AvgIpc) is 3.25. The fourth-order valence-electron chi connectivity index (χ4n) is 3.50. The highest BCUT2D eigenvalue weighted by Gasteiger charge is 2.48. The van der Waals surface area contributed by atoms with Crippen LogP contribution < -0.4 is 4.90 Å². The second-order valence-corrected chi connectivity index (χ2v) is 8.16. The Kier molecular flexibility index (Phi) is 4.76. The lowest BCUT2D eigenvalue weighted by Crippen LogP contribution is -2.29. The molecule has 0 aliphatic carbocycles. The zero-order chi connectivity index (χ0) is 20.7. The third kappa shape index (κ3) is 3.23. The van der Waals surface area contributed by atoms with Crippen molar-refractivity contribution in [3.05, 3.63) is 81.4 Å². The number of ketones is 1. The lowest BCUT2D eigenvalue weighted by atomic mass is 9.93. The van der Waals surface area contributed by atoms with Crippen molar-refractivity contribution >= 4 is 33.9 Å². The molecule has 1 fully saturated rings. The largest absolute Gasteiger partial charge is 0.507 e. The molecule has 0 saturated carbocycles. The molecule has 0 spiro atoms. The summed E-state index contributed by atoms with van der Waals surface area (Å²) in [5.74, 6) is -1.63. The highest BCUT2D eigenvalue weighted by Crippen LogP contribution is 2.43.